The molecule has 0 fully saturated rings. The van der Waals surface area contributed by atoms with Crippen LogP contribution in [0.5, 0.6) is 0 Å². The summed E-state index contributed by atoms with van der Waals surface area (Å²) in [6, 6.07) is 3.23. The highest BCUT2D eigenvalue weighted by atomic mass is 16.6. The first-order valence-corrected chi connectivity index (χ1v) is 7.01. The van der Waals surface area contributed by atoms with Crippen LogP contribution in [0.15, 0.2) is 12.1 Å². The molecule has 8 nitrogen and oxygen atoms in total. The average molecular weight is 296 g/mol. The molecule has 0 radical (unpaired) electrons. The molecule has 0 unspecified atom stereocenters. The molecule has 1 aromatic heterocycles. The van der Waals surface area contributed by atoms with Crippen LogP contribution >= 0.6 is 0 Å². The Morgan fingerprint density at radius 1 is 1.38 bits per heavy atom. The van der Waals surface area contributed by atoms with Gasteiger partial charge in [0.05, 0.1) is 17.1 Å². The highest BCUT2D eigenvalue weighted by Crippen LogP contribution is 2.19. The lowest BCUT2D eigenvalue weighted by atomic mass is 10.2. The smallest absolute Gasteiger partial charge is 0.276 e. The van der Waals surface area contributed by atoms with E-state index in [0.29, 0.717) is 18.4 Å². The number of hydrogen-bond donors (Lipinski definition) is 3. The molecule has 0 spiro atoms. The minimum Gasteiger partial charge on any atom is -0.370 e. The maximum Gasteiger partial charge on any atom is 0.276 e. The SMILES string of the molecule is CC(C)N(C)CCCCNc1cc([N+](=O)[O-])cc(NN)n1. The van der Waals surface area contributed by atoms with E-state index in [2.05, 4.69) is 41.5 Å². The average Bonchev–Trinajstić information content (AvgIpc) is 2.46. The van der Waals surface area contributed by atoms with Gasteiger partial charge in [-0.2, -0.15) is 0 Å². The molecule has 1 rings (SSSR count). The van der Waals surface area contributed by atoms with Crippen molar-refractivity contribution in [1.29, 1.82) is 0 Å². The number of nitrogens with zero attached hydrogens (tertiary/aromatic N) is 3. The van der Waals surface area contributed by atoms with Gasteiger partial charge in [0.2, 0.25) is 0 Å². The van der Waals surface area contributed by atoms with Crippen LogP contribution in [0.4, 0.5) is 17.3 Å². The van der Waals surface area contributed by atoms with Crippen molar-refractivity contribution < 1.29 is 4.92 Å². The van der Waals surface area contributed by atoms with Crippen LogP contribution in [0.3, 0.4) is 0 Å². The lowest BCUT2D eigenvalue weighted by molar-refractivity contribution is -0.384. The van der Waals surface area contributed by atoms with Crippen molar-refractivity contribution in [2.45, 2.75) is 32.7 Å². The molecule has 0 amide bonds. The van der Waals surface area contributed by atoms with Gasteiger partial charge in [-0.05, 0) is 40.3 Å². The number of anilines is 2. The third-order valence-electron chi connectivity index (χ3n) is 3.29. The van der Waals surface area contributed by atoms with E-state index in [1.807, 2.05) is 0 Å². The zero-order valence-corrected chi connectivity index (χ0v) is 12.8. The quantitative estimate of drug-likeness (QED) is 0.276. The van der Waals surface area contributed by atoms with Crippen molar-refractivity contribution in [2.24, 2.45) is 5.84 Å². The Morgan fingerprint density at radius 2 is 2.05 bits per heavy atom. The number of nitrogens with one attached hydrogen (secondary N) is 2. The van der Waals surface area contributed by atoms with Crippen molar-refractivity contribution in [2.75, 3.05) is 30.9 Å². The highest BCUT2D eigenvalue weighted by Gasteiger charge is 2.10. The molecule has 4 N–H and O–H groups in total. The van der Waals surface area contributed by atoms with Crippen LogP contribution in [-0.2, 0) is 0 Å². The van der Waals surface area contributed by atoms with E-state index in [-0.39, 0.29) is 11.5 Å². The summed E-state index contributed by atoms with van der Waals surface area (Å²) in [6.07, 6.45) is 2.02. The van der Waals surface area contributed by atoms with E-state index in [9.17, 15) is 10.1 Å². The zero-order valence-electron chi connectivity index (χ0n) is 12.8. The number of hydrazine groups is 1. The van der Waals surface area contributed by atoms with Gasteiger partial charge < -0.3 is 15.6 Å². The third kappa shape index (κ3) is 5.92. The van der Waals surface area contributed by atoms with Gasteiger partial charge in [0.25, 0.3) is 5.69 Å². The molecule has 0 aliphatic carbocycles. The monoisotopic (exact) mass is 296 g/mol. The molecular formula is C13H24N6O2. The Morgan fingerprint density at radius 3 is 2.62 bits per heavy atom. The van der Waals surface area contributed by atoms with E-state index < -0.39 is 4.92 Å². The number of unbranched alkanes of at least 4 members (excludes halogenated alkanes) is 1. The van der Waals surface area contributed by atoms with Crippen LogP contribution in [0.1, 0.15) is 26.7 Å². The van der Waals surface area contributed by atoms with Gasteiger partial charge in [-0.15, -0.1) is 0 Å². The summed E-state index contributed by atoms with van der Waals surface area (Å²) in [4.78, 5) is 16.8. The van der Waals surface area contributed by atoms with Crippen molar-refractivity contribution in [3.8, 4) is 0 Å². The summed E-state index contributed by atoms with van der Waals surface area (Å²) < 4.78 is 0. The summed E-state index contributed by atoms with van der Waals surface area (Å²) in [5.41, 5.74) is 2.29. The van der Waals surface area contributed by atoms with Crippen molar-refractivity contribution >= 4 is 17.3 Å². The standard InChI is InChI=1S/C13H24N6O2/c1-10(2)18(3)7-5-4-6-15-12-8-11(19(20)21)9-13(16-12)17-14/h8-10H,4-7,14H2,1-3H3,(H2,15,16,17). The lowest BCUT2D eigenvalue weighted by Gasteiger charge is -2.20. The Kier molecular flexibility index (Phi) is 6.83. The van der Waals surface area contributed by atoms with Crippen LogP contribution < -0.4 is 16.6 Å². The maximum atomic E-state index is 10.8. The normalized spacial score (nSPS) is 11.0. The van der Waals surface area contributed by atoms with E-state index in [4.69, 9.17) is 5.84 Å². The second-order valence-corrected chi connectivity index (χ2v) is 5.21. The molecular weight excluding hydrogens is 272 g/mol. The summed E-state index contributed by atoms with van der Waals surface area (Å²) in [7, 11) is 2.10. The largest absolute Gasteiger partial charge is 0.370 e. The van der Waals surface area contributed by atoms with Crippen LogP contribution in [0, 0.1) is 10.1 Å². The van der Waals surface area contributed by atoms with E-state index in [1.165, 1.54) is 12.1 Å². The molecule has 0 saturated heterocycles. The third-order valence-corrected chi connectivity index (χ3v) is 3.29. The first kappa shape index (κ1) is 17.1. The van der Waals surface area contributed by atoms with Crippen LogP contribution in [-0.4, -0.2) is 41.0 Å². The number of nitrogens with two attached hydrogens (primary N) is 1. The van der Waals surface area contributed by atoms with Gasteiger partial charge in [0.15, 0.2) is 0 Å². The zero-order chi connectivity index (χ0) is 15.8. The van der Waals surface area contributed by atoms with Crippen LogP contribution in [0.2, 0.25) is 0 Å². The Labute approximate surface area is 124 Å². The fraction of sp³-hybridized carbons (Fsp3) is 0.615. The molecule has 8 heteroatoms. The first-order chi connectivity index (χ1) is 9.93. The first-order valence-electron chi connectivity index (χ1n) is 7.01. The molecule has 1 heterocycles. The second kappa shape index (κ2) is 8.38. The van der Waals surface area contributed by atoms with Gasteiger partial charge in [0.1, 0.15) is 11.6 Å². The summed E-state index contributed by atoms with van der Waals surface area (Å²) in [5, 5.41) is 13.9. The highest BCUT2D eigenvalue weighted by molar-refractivity contribution is 5.54. The maximum absolute atomic E-state index is 10.8. The van der Waals surface area contributed by atoms with Crippen molar-refractivity contribution in [3.63, 3.8) is 0 Å². The fourth-order valence-corrected chi connectivity index (χ4v) is 1.75. The van der Waals surface area contributed by atoms with E-state index in [1.54, 1.807) is 0 Å². The number of hydrogen-bond acceptors (Lipinski definition) is 7. The topological polar surface area (TPSA) is 109 Å². The van der Waals surface area contributed by atoms with Gasteiger partial charge in [-0.3, -0.25) is 10.1 Å². The number of aromatic nitrogens is 1. The number of rotatable bonds is 9. The fourth-order valence-electron chi connectivity index (χ4n) is 1.75. The van der Waals surface area contributed by atoms with Crippen molar-refractivity contribution in [1.82, 2.24) is 9.88 Å². The van der Waals surface area contributed by atoms with E-state index in [0.717, 1.165) is 19.4 Å². The molecule has 0 atom stereocenters. The minimum atomic E-state index is -0.467. The number of pyridine rings is 1. The van der Waals surface area contributed by atoms with Crippen molar-refractivity contribution in [3.05, 3.63) is 22.2 Å². The van der Waals surface area contributed by atoms with Crippen LogP contribution in [0.25, 0.3) is 0 Å². The molecule has 1 aromatic rings. The van der Waals surface area contributed by atoms with Gasteiger partial charge in [-0.25, -0.2) is 10.8 Å². The summed E-state index contributed by atoms with van der Waals surface area (Å²) in [5.74, 6) is 5.98. The minimum absolute atomic E-state index is 0.0417. The molecule has 0 aliphatic heterocycles. The van der Waals surface area contributed by atoms with Gasteiger partial charge in [0, 0.05) is 12.6 Å². The molecule has 0 aromatic carbocycles. The number of nitro groups is 1. The Hall–Kier alpha value is -1.93. The predicted molar refractivity (Wildman–Crippen MR) is 84.2 cm³/mol. The lowest BCUT2D eigenvalue weighted by Crippen LogP contribution is -2.27. The Balaban J connectivity index is 2.44. The molecule has 21 heavy (non-hydrogen) atoms. The summed E-state index contributed by atoms with van der Waals surface area (Å²) in [6.45, 7) is 6.06. The Bertz CT molecular complexity index is 466. The molecule has 0 saturated carbocycles. The molecule has 0 aliphatic rings. The second-order valence-electron chi connectivity index (χ2n) is 5.21. The van der Waals surface area contributed by atoms with Gasteiger partial charge in [-0.1, -0.05) is 0 Å². The number of nitrogen functional groups attached to an aromatic ring is 1. The predicted octanol–water partition coefficient (Wildman–Crippen LogP) is 1.81. The molecule has 118 valence electrons. The summed E-state index contributed by atoms with van der Waals surface area (Å²) >= 11 is 0. The van der Waals surface area contributed by atoms with E-state index >= 15 is 0 Å². The molecule has 0 bridgehead atoms. The van der Waals surface area contributed by atoms with Gasteiger partial charge >= 0.3 is 0 Å².